The zero-order chi connectivity index (χ0) is 15.1. The second kappa shape index (κ2) is 5.16. The van der Waals surface area contributed by atoms with Crippen molar-refractivity contribution in [1.82, 2.24) is 0 Å². The lowest BCUT2D eigenvalue weighted by Gasteiger charge is -2.21. The first-order chi connectivity index (χ1) is 9.97. The molecule has 0 radical (unpaired) electrons. The monoisotopic (exact) mass is 307 g/mol. The molecule has 1 fully saturated rings. The zero-order valence-electron chi connectivity index (χ0n) is 11.2. The summed E-state index contributed by atoms with van der Waals surface area (Å²) in [6.45, 7) is 1.85. The fraction of sp³-hybridized carbons (Fsp3) is 0.333. The van der Waals surface area contributed by atoms with Gasteiger partial charge in [-0.3, -0.25) is 9.59 Å². The average molecular weight is 308 g/mol. The standard InChI is InChI=1S/C15H14ClNO4/c1-7-2-3-8(16)6-9(7)17-14(18)12-10-4-5-11(21-10)13(12)15(19)20/h2-6,10-13H,1H3,(H,17,18)(H,19,20)/t10-,11+,12+,13-/m0/s1. The second-order valence-corrected chi connectivity index (χ2v) is 5.72. The Morgan fingerprint density at radius 2 is 1.90 bits per heavy atom. The molecule has 6 heteroatoms. The molecule has 1 aromatic rings. The van der Waals surface area contributed by atoms with E-state index in [9.17, 15) is 14.7 Å². The molecule has 2 bridgehead atoms. The molecule has 110 valence electrons. The van der Waals surface area contributed by atoms with E-state index < -0.39 is 30.0 Å². The molecular formula is C15H14ClNO4. The smallest absolute Gasteiger partial charge is 0.310 e. The molecule has 0 aliphatic carbocycles. The summed E-state index contributed by atoms with van der Waals surface area (Å²) in [4.78, 5) is 23.8. The summed E-state index contributed by atoms with van der Waals surface area (Å²) in [5.74, 6) is -2.95. The van der Waals surface area contributed by atoms with E-state index in [2.05, 4.69) is 5.32 Å². The van der Waals surface area contributed by atoms with Crippen LogP contribution in [0.3, 0.4) is 0 Å². The van der Waals surface area contributed by atoms with E-state index in [0.717, 1.165) is 5.56 Å². The van der Waals surface area contributed by atoms with Crippen molar-refractivity contribution >= 4 is 29.2 Å². The second-order valence-electron chi connectivity index (χ2n) is 5.29. The van der Waals surface area contributed by atoms with Crippen LogP contribution in [-0.4, -0.2) is 29.2 Å². The molecule has 2 N–H and O–H groups in total. The number of ether oxygens (including phenoxy) is 1. The number of amides is 1. The third-order valence-corrected chi connectivity index (χ3v) is 4.18. The number of carbonyl (C=O) groups is 2. The molecule has 0 saturated carbocycles. The van der Waals surface area contributed by atoms with Gasteiger partial charge >= 0.3 is 5.97 Å². The number of rotatable bonds is 3. The van der Waals surface area contributed by atoms with Crippen molar-refractivity contribution in [3.8, 4) is 0 Å². The summed E-state index contributed by atoms with van der Waals surface area (Å²) in [5.41, 5.74) is 1.45. The van der Waals surface area contributed by atoms with Crippen LogP contribution < -0.4 is 5.32 Å². The number of aliphatic carboxylic acids is 1. The van der Waals surface area contributed by atoms with Gasteiger partial charge in [0.25, 0.3) is 0 Å². The minimum Gasteiger partial charge on any atom is -0.481 e. The minimum absolute atomic E-state index is 0.357. The molecule has 21 heavy (non-hydrogen) atoms. The van der Waals surface area contributed by atoms with Crippen LogP contribution in [0.2, 0.25) is 5.02 Å². The molecule has 0 spiro atoms. The van der Waals surface area contributed by atoms with Crippen LogP contribution in [0.1, 0.15) is 5.56 Å². The van der Waals surface area contributed by atoms with Crippen LogP contribution in [0, 0.1) is 18.8 Å². The molecule has 0 aromatic heterocycles. The molecule has 1 amide bonds. The quantitative estimate of drug-likeness (QED) is 0.840. The lowest BCUT2D eigenvalue weighted by atomic mass is 9.82. The van der Waals surface area contributed by atoms with E-state index in [1.165, 1.54) is 0 Å². The highest BCUT2D eigenvalue weighted by atomic mass is 35.5. The fourth-order valence-corrected chi connectivity index (χ4v) is 3.03. The Hall–Kier alpha value is -1.85. The summed E-state index contributed by atoms with van der Waals surface area (Å²) in [7, 11) is 0. The molecule has 1 saturated heterocycles. The third-order valence-electron chi connectivity index (χ3n) is 3.94. The van der Waals surface area contributed by atoms with Crippen LogP contribution in [0.25, 0.3) is 0 Å². The van der Waals surface area contributed by atoms with Crippen LogP contribution in [0.15, 0.2) is 30.4 Å². The van der Waals surface area contributed by atoms with Gasteiger partial charge in [-0.05, 0) is 24.6 Å². The minimum atomic E-state index is -1.02. The average Bonchev–Trinajstić information content (AvgIpc) is 3.03. The Balaban J connectivity index is 1.83. The highest BCUT2D eigenvalue weighted by Crippen LogP contribution is 2.40. The number of hydrogen-bond donors (Lipinski definition) is 2. The van der Waals surface area contributed by atoms with Crippen molar-refractivity contribution in [3.05, 3.63) is 40.9 Å². The first-order valence-corrected chi connectivity index (χ1v) is 6.99. The van der Waals surface area contributed by atoms with Gasteiger partial charge in [0.2, 0.25) is 5.91 Å². The lowest BCUT2D eigenvalue weighted by molar-refractivity contribution is -0.145. The first kappa shape index (κ1) is 14.1. The van der Waals surface area contributed by atoms with Gasteiger partial charge in [-0.1, -0.05) is 29.8 Å². The van der Waals surface area contributed by atoms with Crippen LogP contribution in [0.5, 0.6) is 0 Å². The van der Waals surface area contributed by atoms with E-state index in [1.807, 2.05) is 6.92 Å². The van der Waals surface area contributed by atoms with Crippen LogP contribution in [-0.2, 0) is 14.3 Å². The first-order valence-electron chi connectivity index (χ1n) is 6.61. The molecule has 2 aliphatic heterocycles. The molecule has 2 heterocycles. The van der Waals surface area contributed by atoms with E-state index in [4.69, 9.17) is 16.3 Å². The number of benzene rings is 1. The van der Waals surface area contributed by atoms with Crippen molar-refractivity contribution in [2.24, 2.45) is 11.8 Å². The fourth-order valence-electron chi connectivity index (χ4n) is 2.86. The van der Waals surface area contributed by atoms with Crippen molar-refractivity contribution in [1.29, 1.82) is 0 Å². The van der Waals surface area contributed by atoms with Gasteiger partial charge < -0.3 is 15.2 Å². The largest absolute Gasteiger partial charge is 0.481 e. The number of halogens is 1. The van der Waals surface area contributed by atoms with Crippen molar-refractivity contribution in [3.63, 3.8) is 0 Å². The van der Waals surface area contributed by atoms with Gasteiger partial charge in [0.15, 0.2) is 0 Å². The van der Waals surface area contributed by atoms with Crippen molar-refractivity contribution in [2.45, 2.75) is 19.1 Å². The highest BCUT2D eigenvalue weighted by Gasteiger charge is 2.53. The molecular weight excluding hydrogens is 294 g/mol. The SMILES string of the molecule is Cc1ccc(Cl)cc1NC(=O)[C@H]1[C@@H](C(=O)O)[C@H]2C=C[C@@H]1O2. The normalized spacial score (nSPS) is 29.6. The Morgan fingerprint density at radius 1 is 1.24 bits per heavy atom. The maximum absolute atomic E-state index is 12.5. The molecule has 0 unspecified atom stereocenters. The predicted molar refractivity (Wildman–Crippen MR) is 77.2 cm³/mol. The van der Waals surface area contributed by atoms with E-state index in [1.54, 1.807) is 30.4 Å². The maximum Gasteiger partial charge on any atom is 0.310 e. The number of carboxylic acids is 1. The Morgan fingerprint density at radius 3 is 2.57 bits per heavy atom. The number of anilines is 1. The number of carboxylic acid groups (broad SMARTS) is 1. The number of hydrogen-bond acceptors (Lipinski definition) is 3. The molecule has 4 atom stereocenters. The molecule has 2 aliphatic rings. The van der Waals surface area contributed by atoms with Crippen LogP contribution >= 0.6 is 11.6 Å². The number of fused-ring (bicyclic) bond motifs is 2. The number of aryl methyl sites for hydroxylation is 1. The highest BCUT2D eigenvalue weighted by molar-refractivity contribution is 6.31. The molecule has 1 aromatic carbocycles. The Kier molecular flexibility index (Phi) is 3.47. The summed E-state index contributed by atoms with van der Waals surface area (Å²) >= 11 is 5.92. The van der Waals surface area contributed by atoms with Gasteiger partial charge in [-0.15, -0.1) is 0 Å². The van der Waals surface area contributed by atoms with E-state index in [0.29, 0.717) is 10.7 Å². The van der Waals surface area contributed by atoms with Crippen molar-refractivity contribution in [2.75, 3.05) is 5.32 Å². The van der Waals surface area contributed by atoms with Crippen molar-refractivity contribution < 1.29 is 19.4 Å². The van der Waals surface area contributed by atoms with Gasteiger partial charge in [0.1, 0.15) is 5.92 Å². The predicted octanol–water partition coefficient (Wildman–Crippen LogP) is 2.24. The van der Waals surface area contributed by atoms with Gasteiger partial charge in [0.05, 0.1) is 18.1 Å². The third kappa shape index (κ3) is 2.43. The molecule has 3 rings (SSSR count). The van der Waals surface area contributed by atoms with Gasteiger partial charge in [-0.2, -0.15) is 0 Å². The van der Waals surface area contributed by atoms with Gasteiger partial charge in [-0.25, -0.2) is 0 Å². The zero-order valence-corrected chi connectivity index (χ0v) is 12.0. The van der Waals surface area contributed by atoms with E-state index >= 15 is 0 Å². The lowest BCUT2D eigenvalue weighted by Crippen LogP contribution is -2.39. The summed E-state index contributed by atoms with van der Waals surface area (Å²) < 4.78 is 5.49. The molecule has 5 nitrogen and oxygen atoms in total. The summed E-state index contributed by atoms with van der Waals surface area (Å²) in [6, 6.07) is 5.17. The summed E-state index contributed by atoms with van der Waals surface area (Å²) in [6.07, 6.45) is 2.45. The van der Waals surface area contributed by atoms with E-state index in [-0.39, 0.29) is 5.91 Å². The van der Waals surface area contributed by atoms with Crippen LogP contribution in [0.4, 0.5) is 5.69 Å². The Labute approximate surface area is 126 Å². The summed E-state index contributed by atoms with van der Waals surface area (Å²) in [5, 5.41) is 12.6. The Bertz CT molecular complexity index is 643. The number of nitrogens with one attached hydrogen (secondary N) is 1. The maximum atomic E-state index is 12.5. The topological polar surface area (TPSA) is 75.6 Å². The number of carbonyl (C=O) groups excluding carboxylic acids is 1. The van der Waals surface area contributed by atoms with Gasteiger partial charge in [0, 0.05) is 10.7 Å².